The second kappa shape index (κ2) is 7.86. The number of para-hydroxylation sites is 1. The Morgan fingerprint density at radius 1 is 0.833 bits per heavy atom. The fourth-order valence-electron chi connectivity index (χ4n) is 3.84. The number of benzene rings is 2. The van der Waals surface area contributed by atoms with Crippen molar-refractivity contribution in [2.75, 3.05) is 31.1 Å². The fourth-order valence-corrected chi connectivity index (χ4v) is 5.32. The Kier molecular flexibility index (Phi) is 5.39. The highest BCUT2D eigenvalue weighted by Crippen LogP contribution is 2.29. The van der Waals surface area contributed by atoms with Gasteiger partial charge in [0.1, 0.15) is 16.5 Å². The molecule has 2 heterocycles. The van der Waals surface area contributed by atoms with Crippen LogP contribution in [0, 0.1) is 11.6 Å². The van der Waals surface area contributed by atoms with E-state index < -0.39 is 44.4 Å². The first-order chi connectivity index (χ1) is 14.3. The molecule has 0 aliphatic carbocycles. The molecule has 7 nitrogen and oxygen atoms in total. The molecule has 2 aliphatic rings. The molecule has 2 aromatic carbocycles. The van der Waals surface area contributed by atoms with E-state index in [9.17, 15) is 26.8 Å². The van der Waals surface area contributed by atoms with Crippen LogP contribution < -0.4 is 4.90 Å². The fraction of sp³-hybridized carbons (Fsp3) is 0.300. The molecule has 0 unspecified atom stereocenters. The lowest BCUT2D eigenvalue weighted by molar-refractivity contribution is -0.123. The zero-order chi connectivity index (χ0) is 21.5. The predicted molar refractivity (Wildman–Crippen MR) is 104 cm³/mol. The third kappa shape index (κ3) is 3.51. The van der Waals surface area contributed by atoms with Crippen molar-refractivity contribution in [3.05, 3.63) is 60.2 Å². The van der Waals surface area contributed by atoms with Crippen LogP contribution in [0.15, 0.2) is 53.4 Å². The lowest BCUT2D eigenvalue weighted by atomic mass is 10.2. The van der Waals surface area contributed by atoms with Crippen LogP contribution in [0.25, 0.3) is 0 Å². The summed E-state index contributed by atoms with van der Waals surface area (Å²) in [6, 6.07) is 9.93. The summed E-state index contributed by atoms with van der Waals surface area (Å²) in [5, 5.41) is 0. The summed E-state index contributed by atoms with van der Waals surface area (Å²) in [6.07, 6.45) is -0.104. The molecule has 0 saturated carbocycles. The molecule has 10 heteroatoms. The van der Waals surface area contributed by atoms with Gasteiger partial charge in [-0.25, -0.2) is 22.1 Å². The molecule has 2 aliphatic heterocycles. The topological polar surface area (TPSA) is 78.0 Å². The molecule has 2 saturated heterocycles. The number of rotatable bonds is 4. The number of hydrogen-bond donors (Lipinski definition) is 0. The lowest BCUT2D eigenvalue weighted by Crippen LogP contribution is -2.53. The van der Waals surface area contributed by atoms with Crippen molar-refractivity contribution in [1.29, 1.82) is 0 Å². The number of piperazine rings is 1. The Balaban J connectivity index is 1.47. The molecule has 0 N–H and O–H groups in total. The van der Waals surface area contributed by atoms with Crippen LogP contribution in [0.2, 0.25) is 0 Å². The predicted octanol–water partition coefficient (Wildman–Crippen LogP) is 1.60. The van der Waals surface area contributed by atoms with Gasteiger partial charge in [0.05, 0.1) is 18.2 Å². The molecule has 30 heavy (non-hydrogen) atoms. The van der Waals surface area contributed by atoms with Crippen LogP contribution in [0.1, 0.15) is 6.42 Å². The van der Waals surface area contributed by atoms with Crippen molar-refractivity contribution in [3.8, 4) is 0 Å². The van der Waals surface area contributed by atoms with E-state index in [1.807, 2.05) is 0 Å². The number of sulfonamides is 1. The Bertz CT molecular complexity index is 1100. The minimum absolute atomic E-state index is 0.0499. The summed E-state index contributed by atoms with van der Waals surface area (Å²) in [5.74, 6) is -2.52. The molecule has 0 bridgehead atoms. The minimum atomic E-state index is -4.00. The monoisotopic (exact) mass is 435 g/mol. The zero-order valence-electron chi connectivity index (χ0n) is 15.9. The quantitative estimate of drug-likeness (QED) is 0.682. The average molecular weight is 435 g/mol. The highest BCUT2D eigenvalue weighted by atomic mass is 32.2. The van der Waals surface area contributed by atoms with Gasteiger partial charge in [-0.3, -0.25) is 14.5 Å². The van der Waals surface area contributed by atoms with Crippen LogP contribution in [0.5, 0.6) is 0 Å². The number of hydrogen-bond acceptors (Lipinski definition) is 5. The van der Waals surface area contributed by atoms with Crippen LogP contribution >= 0.6 is 0 Å². The van der Waals surface area contributed by atoms with E-state index >= 15 is 0 Å². The van der Waals surface area contributed by atoms with Crippen LogP contribution in [0.4, 0.5) is 14.5 Å². The SMILES string of the molecule is O=C1C[C@H](N2CCN(S(=O)(=O)c3ccccc3F)CC2)C(=O)N1c1ccccc1F. The summed E-state index contributed by atoms with van der Waals surface area (Å²) >= 11 is 0. The Morgan fingerprint density at radius 3 is 2.07 bits per heavy atom. The van der Waals surface area contributed by atoms with Crippen molar-refractivity contribution < 1.29 is 26.8 Å². The molecule has 0 spiro atoms. The average Bonchev–Trinajstić information content (AvgIpc) is 3.03. The summed E-state index contributed by atoms with van der Waals surface area (Å²) < 4.78 is 54.6. The van der Waals surface area contributed by atoms with E-state index in [0.717, 1.165) is 15.3 Å². The molecular weight excluding hydrogens is 416 g/mol. The maximum atomic E-state index is 14.1. The number of anilines is 1. The first kappa shape index (κ1) is 20.6. The van der Waals surface area contributed by atoms with Crippen molar-refractivity contribution in [1.82, 2.24) is 9.21 Å². The van der Waals surface area contributed by atoms with Crippen LogP contribution in [-0.2, 0) is 19.6 Å². The zero-order valence-corrected chi connectivity index (χ0v) is 16.7. The van der Waals surface area contributed by atoms with Crippen LogP contribution in [0.3, 0.4) is 0 Å². The Morgan fingerprint density at radius 2 is 1.43 bits per heavy atom. The van der Waals surface area contributed by atoms with E-state index in [0.29, 0.717) is 0 Å². The van der Waals surface area contributed by atoms with E-state index in [1.54, 1.807) is 11.0 Å². The number of carbonyl (C=O) groups is 2. The first-order valence-corrected chi connectivity index (χ1v) is 10.8. The van der Waals surface area contributed by atoms with E-state index in [-0.39, 0.29) is 38.3 Å². The summed E-state index contributed by atoms with van der Waals surface area (Å²) in [4.78, 5) is 27.4. The molecule has 1 atom stereocenters. The molecule has 2 fully saturated rings. The summed E-state index contributed by atoms with van der Waals surface area (Å²) in [5.41, 5.74) is -0.0873. The first-order valence-electron chi connectivity index (χ1n) is 9.41. The molecule has 0 aromatic heterocycles. The van der Waals surface area contributed by atoms with Gasteiger partial charge < -0.3 is 0 Å². The maximum absolute atomic E-state index is 14.1. The van der Waals surface area contributed by atoms with Gasteiger partial charge in [0.25, 0.3) is 5.91 Å². The molecule has 0 radical (unpaired) electrons. The van der Waals surface area contributed by atoms with Gasteiger partial charge in [-0.15, -0.1) is 0 Å². The second-order valence-electron chi connectivity index (χ2n) is 7.11. The highest BCUT2D eigenvalue weighted by Gasteiger charge is 2.45. The number of amides is 2. The highest BCUT2D eigenvalue weighted by molar-refractivity contribution is 7.89. The van der Waals surface area contributed by atoms with Gasteiger partial charge in [-0.05, 0) is 24.3 Å². The van der Waals surface area contributed by atoms with Gasteiger partial charge in [0.2, 0.25) is 15.9 Å². The van der Waals surface area contributed by atoms with Crippen LogP contribution in [-0.4, -0.2) is 61.7 Å². The third-order valence-corrected chi connectivity index (χ3v) is 7.32. The molecule has 158 valence electrons. The molecule has 2 aromatic rings. The van der Waals surface area contributed by atoms with Crippen molar-refractivity contribution in [2.45, 2.75) is 17.4 Å². The van der Waals surface area contributed by atoms with Gasteiger partial charge in [-0.2, -0.15) is 4.31 Å². The molecule has 4 rings (SSSR count). The maximum Gasteiger partial charge on any atom is 0.251 e. The minimum Gasteiger partial charge on any atom is -0.289 e. The smallest absolute Gasteiger partial charge is 0.251 e. The number of carbonyl (C=O) groups excluding carboxylic acids is 2. The number of imide groups is 1. The van der Waals surface area contributed by atoms with E-state index in [2.05, 4.69) is 0 Å². The standard InChI is InChI=1S/C20H19F2N3O4S/c21-14-5-1-3-7-16(14)25-19(26)13-17(20(25)27)23-9-11-24(12-10-23)30(28,29)18-8-4-2-6-15(18)22/h1-8,17H,9-13H2/t17-/m0/s1. The molecular formula is C20H19F2N3O4S. The Hall–Kier alpha value is -2.69. The van der Waals surface area contributed by atoms with Gasteiger partial charge in [0.15, 0.2) is 0 Å². The van der Waals surface area contributed by atoms with Crippen molar-refractivity contribution in [2.24, 2.45) is 0 Å². The summed E-state index contributed by atoms with van der Waals surface area (Å²) in [7, 11) is -4.00. The van der Waals surface area contributed by atoms with Crippen molar-refractivity contribution in [3.63, 3.8) is 0 Å². The van der Waals surface area contributed by atoms with Gasteiger partial charge in [-0.1, -0.05) is 24.3 Å². The van der Waals surface area contributed by atoms with Crippen molar-refractivity contribution >= 4 is 27.5 Å². The van der Waals surface area contributed by atoms with Gasteiger partial charge in [0, 0.05) is 26.2 Å². The lowest BCUT2D eigenvalue weighted by Gasteiger charge is -2.36. The largest absolute Gasteiger partial charge is 0.289 e. The van der Waals surface area contributed by atoms with Gasteiger partial charge >= 0.3 is 0 Å². The summed E-state index contributed by atoms with van der Waals surface area (Å²) in [6.45, 7) is 0.494. The normalized spacial score (nSPS) is 21.4. The Labute approximate surface area is 172 Å². The molecule has 2 amide bonds. The number of nitrogens with zero attached hydrogens (tertiary/aromatic N) is 3. The third-order valence-electron chi connectivity index (χ3n) is 5.38. The number of halogens is 2. The van der Waals surface area contributed by atoms with E-state index in [1.165, 1.54) is 36.4 Å². The van der Waals surface area contributed by atoms with E-state index in [4.69, 9.17) is 0 Å². The second-order valence-corrected chi connectivity index (χ2v) is 9.02.